The van der Waals surface area contributed by atoms with Gasteiger partial charge < -0.3 is 20.1 Å². The van der Waals surface area contributed by atoms with Gasteiger partial charge in [-0.05, 0) is 35.1 Å². The number of amides is 2. The topological polar surface area (TPSA) is 109 Å². The zero-order valence-corrected chi connectivity index (χ0v) is 19.8. The monoisotopic (exact) mass is 491 g/mol. The number of carboxylic acids is 1. The average Bonchev–Trinajstić information content (AvgIpc) is 3.49. The molecular weight excluding hydrogens is 466 g/mol. The van der Waals surface area contributed by atoms with Crippen molar-refractivity contribution in [2.45, 2.75) is 25.3 Å². The number of ether oxygens (including phenoxy) is 1. The minimum absolute atomic E-state index is 0.0172. The molecule has 0 bridgehead atoms. The number of carbonyl (C=O) groups is 3. The second-order valence-electron chi connectivity index (χ2n) is 8.73. The highest BCUT2D eigenvalue weighted by Crippen LogP contribution is 2.44. The van der Waals surface area contributed by atoms with Crippen molar-refractivity contribution in [3.05, 3.63) is 75.7 Å². The highest BCUT2D eigenvalue weighted by molar-refractivity contribution is 7.09. The van der Waals surface area contributed by atoms with Crippen LogP contribution in [0.3, 0.4) is 0 Å². The number of hydrogen-bond acceptors (Lipinski definition) is 6. The lowest BCUT2D eigenvalue weighted by atomic mass is 9.98. The molecule has 0 spiro atoms. The van der Waals surface area contributed by atoms with E-state index in [0.29, 0.717) is 24.4 Å². The maximum atomic E-state index is 12.7. The molecule has 5 rings (SSSR count). The summed E-state index contributed by atoms with van der Waals surface area (Å²) in [6, 6.07) is 16.3. The van der Waals surface area contributed by atoms with Gasteiger partial charge in [0.05, 0.1) is 12.5 Å². The summed E-state index contributed by atoms with van der Waals surface area (Å²) in [6.45, 7) is 1.08. The van der Waals surface area contributed by atoms with E-state index in [0.717, 1.165) is 11.1 Å². The first kappa shape index (κ1) is 23.0. The molecule has 1 aliphatic carbocycles. The van der Waals surface area contributed by atoms with E-state index in [2.05, 4.69) is 34.6 Å². The molecule has 2 aromatic carbocycles. The Bertz CT molecular complexity index is 1230. The SMILES string of the molecule is O=C(NCc1nc(C(=O)N2CCCC(C(=O)O)C2)cs1)OCC1c2ccccc2-c2ccccc21. The molecule has 3 aromatic rings. The number of carboxylic acid groups (broad SMARTS) is 1. The number of likely N-dealkylation sites (tertiary alicyclic amines) is 1. The van der Waals surface area contributed by atoms with Crippen LogP contribution in [0, 0.1) is 5.92 Å². The van der Waals surface area contributed by atoms with E-state index in [4.69, 9.17) is 4.74 Å². The smallest absolute Gasteiger partial charge is 0.407 e. The predicted molar refractivity (Wildman–Crippen MR) is 130 cm³/mol. The van der Waals surface area contributed by atoms with Crippen LogP contribution in [0.5, 0.6) is 0 Å². The largest absolute Gasteiger partial charge is 0.481 e. The molecule has 2 N–H and O–H groups in total. The number of piperidine rings is 1. The van der Waals surface area contributed by atoms with Gasteiger partial charge in [-0.15, -0.1) is 11.3 Å². The summed E-state index contributed by atoms with van der Waals surface area (Å²) in [7, 11) is 0. The average molecular weight is 492 g/mol. The van der Waals surface area contributed by atoms with Crippen molar-refractivity contribution < 1.29 is 24.2 Å². The zero-order chi connectivity index (χ0) is 24.4. The fraction of sp³-hybridized carbons (Fsp3) is 0.308. The van der Waals surface area contributed by atoms with Gasteiger partial charge in [-0.1, -0.05) is 48.5 Å². The molecule has 0 radical (unpaired) electrons. The number of fused-ring (bicyclic) bond motifs is 3. The summed E-state index contributed by atoms with van der Waals surface area (Å²) in [4.78, 5) is 42.3. The van der Waals surface area contributed by atoms with E-state index in [-0.39, 0.29) is 37.2 Å². The highest BCUT2D eigenvalue weighted by atomic mass is 32.1. The first-order chi connectivity index (χ1) is 17.0. The lowest BCUT2D eigenvalue weighted by Crippen LogP contribution is -2.42. The third kappa shape index (κ3) is 4.77. The number of nitrogens with zero attached hydrogens (tertiary/aromatic N) is 2. The van der Waals surface area contributed by atoms with Gasteiger partial charge in [0.1, 0.15) is 17.3 Å². The van der Waals surface area contributed by atoms with Crippen LogP contribution >= 0.6 is 11.3 Å². The molecule has 1 fully saturated rings. The molecule has 35 heavy (non-hydrogen) atoms. The third-order valence-electron chi connectivity index (χ3n) is 6.56. The number of aliphatic carboxylic acids is 1. The van der Waals surface area contributed by atoms with Crippen LogP contribution in [0.1, 0.15) is 45.4 Å². The molecule has 0 saturated carbocycles. The van der Waals surface area contributed by atoms with Gasteiger partial charge in [-0.2, -0.15) is 0 Å². The zero-order valence-electron chi connectivity index (χ0n) is 19.0. The molecule has 2 heterocycles. The van der Waals surface area contributed by atoms with Crippen LogP contribution in [0.4, 0.5) is 4.79 Å². The minimum Gasteiger partial charge on any atom is -0.481 e. The molecule has 1 atom stereocenters. The van der Waals surface area contributed by atoms with Gasteiger partial charge >= 0.3 is 12.1 Å². The van der Waals surface area contributed by atoms with Crippen LogP contribution in [0.25, 0.3) is 11.1 Å². The van der Waals surface area contributed by atoms with E-state index < -0.39 is 18.0 Å². The number of carbonyl (C=O) groups excluding carboxylic acids is 2. The standard InChI is InChI=1S/C26H25N3O5S/c30-24(29-11-5-6-16(13-29)25(31)32)22-15-35-23(28-22)12-27-26(33)34-14-21-19-9-3-1-7-17(19)18-8-2-4-10-20(18)21/h1-4,7-10,15-16,21H,5-6,11-14H2,(H,27,33)(H,31,32). The lowest BCUT2D eigenvalue weighted by molar-refractivity contribution is -0.143. The predicted octanol–water partition coefficient (Wildman–Crippen LogP) is 4.12. The number of alkyl carbamates (subject to hydrolysis) is 1. The third-order valence-corrected chi connectivity index (χ3v) is 7.41. The van der Waals surface area contributed by atoms with Gasteiger partial charge in [-0.3, -0.25) is 9.59 Å². The molecule has 1 aliphatic heterocycles. The van der Waals surface area contributed by atoms with E-state index in [1.54, 1.807) is 10.3 Å². The van der Waals surface area contributed by atoms with Crippen molar-refractivity contribution in [2.24, 2.45) is 5.92 Å². The van der Waals surface area contributed by atoms with Gasteiger partial charge in [0, 0.05) is 24.4 Å². The number of aromatic nitrogens is 1. The van der Waals surface area contributed by atoms with Crippen molar-refractivity contribution in [1.82, 2.24) is 15.2 Å². The molecule has 2 amide bonds. The number of benzene rings is 2. The maximum Gasteiger partial charge on any atom is 0.407 e. The Balaban J connectivity index is 1.15. The first-order valence-corrected chi connectivity index (χ1v) is 12.4. The Morgan fingerprint density at radius 3 is 2.46 bits per heavy atom. The Kier molecular flexibility index (Phi) is 6.50. The summed E-state index contributed by atoms with van der Waals surface area (Å²) < 4.78 is 5.54. The second-order valence-corrected chi connectivity index (χ2v) is 9.68. The normalized spacial score (nSPS) is 16.9. The van der Waals surface area contributed by atoms with E-state index in [9.17, 15) is 19.5 Å². The summed E-state index contributed by atoms with van der Waals surface area (Å²) in [5.74, 6) is -1.72. The molecule has 2 aliphatic rings. The van der Waals surface area contributed by atoms with Crippen molar-refractivity contribution >= 4 is 29.3 Å². The fourth-order valence-electron chi connectivity index (χ4n) is 4.81. The summed E-state index contributed by atoms with van der Waals surface area (Å²) in [6.07, 6.45) is 0.685. The Morgan fingerprint density at radius 1 is 1.09 bits per heavy atom. The van der Waals surface area contributed by atoms with Gasteiger partial charge in [0.2, 0.25) is 0 Å². The number of thiazole rings is 1. The fourth-order valence-corrected chi connectivity index (χ4v) is 5.52. The molecule has 1 aromatic heterocycles. The molecule has 180 valence electrons. The number of rotatable bonds is 6. The molecular formula is C26H25N3O5S. The Labute approximate surface area is 206 Å². The summed E-state index contributed by atoms with van der Waals surface area (Å²) in [5.41, 5.74) is 4.89. The van der Waals surface area contributed by atoms with Crippen molar-refractivity contribution in [1.29, 1.82) is 0 Å². The highest BCUT2D eigenvalue weighted by Gasteiger charge is 2.30. The molecule has 8 nitrogen and oxygen atoms in total. The van der Waals surface area contributed by atoms with Crippen molar-refractivity contribution in [3.63, 3.8) is 0 Å². The number of hydrogen-bond donors (Lipinski definition) is 2. The van der Waals surface area contributed by atoms with Gasteiger partial charge in [0.15, 0.2) is 0 Å². The quantitative estimate of drug-likeness (QED) is 0.537. The van der Waals surface area contributed by atoms with Crippen molar-refractivity contribution in [2.75, 3.05) is 19.7 Å². The lowest BCUT2D eigenvalue weighted by Gasteiger charge is -2.30. The van der Waals surface area contributed by atoms with E-state index >= 15 is 0 Å². The summed E-state index contributed by atoms with van der Waals surface area (Å²) >= 11 is 1.27. The molecule has 1 saturated heterocycles. The van der Waals surface area contributed by atoms with Crippen LogP contribution in [-0.4, -0.2) is 52.7 Å². The van der Waals surface area contributed by atoms with E-state index in [1.807, 2.05) is 24.3 Å². The number of nitrogens with one attached hydrogen (secondary N) is 1. The molecule has 1 unspecified atom stereocenters. The van der Waals surface area contributed by atoms with Gasteiger partial charge in [-0.25, -0.2) is 9.78 Å². The van der Waals surface area contributed by atoms with Gasteiger partial charge in [0.25, 0.3) is 5.91 Å². The van der Waals surface area contributed by atoms with Crippen LogP contribution in [-0.2, 0) is 16.1 Å². The van der Waals surface area contributed by atoms with Crippen LogP contribution < -0.4 is 5.32 Å². The summed E-state index contributed by atoms with van der Waals surface area (Å²) in [5, 5.41) is 14.2. The maximum absolute atomic E-state index is 12.7. The van der Waals surface area contributed by atoms with Crippen molar-refractivity contribution in [3.8, 4) is 11.1 Å². The Morgan fingerprint density at radius 2 is 1.77 bits per heavy atom. The first-order valence-electron chi connectivity index (χ1n) is 11.6. The minimum atomic E-state index is -0.881. The van der Waals surface area contributed by atoms with Crippen LogP contribution in [0.2, 0.25) is 0 Å². The second kappa shape index (κ2) is 9.87. The Hall–Kier alpha value is -3.72. The molecule has 9 heteroatoms. The van der Waals surface area contributed by atoms with Crippen LogP contribution in [0.15, 0.2) is 53.9 Å². The van der Waals surface area contributed by atoms with E-state index in [1.165, 1.54) is 22.5 Å².